The van der Waals surface area contributed by atoms with Gasteiger partial charge in [-0.15, -0.1) is 0 Å². The second-order valence-corrected chi connectivity index (χ2v) is 6.84. The van der Waals surface area contributed by atoms with Crippen LogP contribution in [0.5, 0.6) is 0 Å². The predicted octanol–water partition coefficient (Wildman–Crippen LogP) is 4.27. The van der Waals surface area contributed by atoms with E-state index in [2.05, 4.69) is 27.0 Å². The number of imidazole rings is 1. The molecule has 0 bridgehead atoms. The van der Waals surface area contributed by atoms with Crippen molar-refractivity contribution in [2.45, 2.75) is 19.8 Å². The third-order valence-electron chi connectivity index (χ3n) is 4.72. The van der Waals surface area contributed by atoms with E-state index >= 15 is 0 Å². The number of aromatic nitrogens is 4. The first-order chi connectivity index (χ1) is 13.7. The molecule has 0 radical (unpaired) electrons. The maximum absolute atomic E-state index is 13.4. The van der Waals surface area contributed by atoms with Gasteiger partial charge in [0.2, 0.25) is 5.95 Å². The average Bonchev–Trinajstić information content (AvgIpc) is 3.49. The molecule has 7 heteroatoms. The zero-order valence-electron chi connectivity index (χ0n) is 15.6. The van der Waals surface area contributed by atoms with Gasteiger partial charge in [0, 0.05) is 36.5 Å². The SMILES string of the molecule is C=N/C=C\c1nc(-c2cnc(NCC3CC3)nc2)n(-c2ccc(F)cc2)c1C. The van der Waals surface area contributed by atoms with Crippen LogP contribution in [0.3, 0.4) is 0 Å². The van der Waals surface area contributed by atoms with Gasteiger partial charge in [0.05, 0.1) is 11.3 Å². The summed E-state index contributed by atoms with van der Waals surface area (Å²) in [6, 6.07) is 6.31. The van der Waals surface area contributed by atoms with Crippen LogP contribution < -0.4 is 5.32 Å². The molecule has 142 valence electrons. The number of aliphatic imine (C=N–C) groups is 1. The fourth-order valence-corrected chi connectivity index (χ4v) is 2.99. The van der Waals surface area contributed by atoms with E-state index in [0.717, 1.165) is 35.1 Å². The van der Waals surface area contributed by atoms with Crippen molar-refractivity contribution in [3.8, 4) is 17.1 Å². The molecular formula is C21H21FN6. The second-order valence-electron chi connectivity index (χ2n) is 6.84. The molecule has 0 unspecified atom stereocenters. The smallest absolute Gasteiger partial charge is 0.222 e. The highest BCUT2D eigenvalue weighted by atomic mass is 19.1. The van der Waals surface area contributed by atoms with Gasteiger partial charge in [0.1, 0.15) is 11.6 Å². The van der Waals surface area contributed by atoms with Crippen molar-refractivity contribution in [2.24, 2.45) is 10.9 Å². The van der Waals surface area contributed by atoms with E-state index in [1.165, 1.54) is 25.0 Å². The zero-order valence-corrected chi connectivity index (χ0v) is 15.6. The molecule has 3 aromatic rings. The number of hydrogen-bond donors (Lipinski definition) is 1. The van der Waals surface area contributed by atoms with Crippen molar-refractivity contribution >= 4 is 18.7 Å². The van der Waals surface area contributed by atoms with E-state index in [1.54, 1.807) is 36.8 Å². The van der Waals surface area contributed by atoms with Gasteiger partial charge in [-0.3, -0.25) is 9.56 Å². The molecule has 6 nitrogen and oxygen atoms in total. The van der Waals surface area contributed by atoms with Gasteiger partial charge in [-0.2, -0.15) is 0 Å². The maximum Gasteiger partial charge on any atom is 0.222 e. The van der Waals surface area contributed by atoms with Crippen LogP contribution in [0.25, 0.3) is 23.2 Å². The molecule has 1 N–H and O–H groups in total. The molecule has 2 aromatic heterocycles. The van der Waals surface area contributed by atoms with Gasteiger partial charge in [0.15, 0.2) is 0 Å². The second kappa shape index (κ2) is 7.72. The monoisotopic (exact) mass is 376 g/mol. The molecule has 0 saturated heterocycles. The van der Waals surface area contributed by atoms with Crippen LogP contribution in [-0.4, -0.2) is 32.8 Å². The normalized spacial score (nSPS) is 13.8. The van der Waals surface area contributed by atoms with Gasteiger partial charge in [-0.25, -0.2) is 19.3 Å². The van der Waals surface area contributed by atoms with Crippen molar-refractivity contribution in [1.29, 1.82) is 0 Å². The molecule has 2 heterocycles. The summed E-state index contributed by atoms with van der Waals surface area (Å²) in [5, 5.41) is 3.26. The number of nitrogens with zero attached hydrogens (tertiary/aromatic N) is 5. The Morgan fingerprint density at radius 1 is 1.25 bits per heavy atom. The summed E-state index contributed by atoms with van der Waals surface area (Å²) in [6.45, 7) is 6.33. The largest absolute Gasteiger partial charge is 0.354 e. The first-order valence-corrected chi connectivity index (χ1v) is 9.19. The fraction of sp³-hybridized carbons (Fsp3) is 0.238. The lowest BCUT2D eigenvalue weighted by Gasteiger charge is -2.10. The maximum atomic E-state index is 13.4. The minimum atomic E-state index is -0.284. The summed E-state index contributed by atoms with van der Waals surface area (Å²) in [6.07, 6.45) is 9.44. The average molecular weight is 376 g/mol. The van der Waals surface area contributed by atoms with Gasteiger partial charge < -0.3 is 5.32 Å². The Hall–Kier alpha value is -3.35. The number of nitrogens with one attached hydrogen (secondary N) is 1. The van der Waals surface area contributed by atoms with E-state index < -0.39 is 0 Å². The van der Waals surface area contributed by atoms with E-state index in [-0.39, 0.29) is 5.82 Å². The van der Waals surface area contributed by atoms with Crippen LogP contribution in [0.1, 0.15) is 24.2 Å². The van der Waals surface area contributed by atoms with Crippen molar-refractivity contribution in [1.82, 2.24) is 19.5 Å². The third kappa shape index (κ3) is 3.83. The fourth-order valence-electron chi connectivity index (χ4n) is 2.99. The van der Waals surface area contributed by atoms with Gasteiger partial charge in [-0.1, -0.05) is 0 Å². The van der Waals surface area contributed by atoms with E-state index in [9.17, 15) is 4.39 Å². The Kier molecular flexibility index (Phi) is 4.97. The molecular weight excluding hydrogens is 355 g/mol. The minimum absolute atomic E-state index is 0.284. The molecule has 1 aliphatic carbocycles. The standard InChI is InChI=1S/C21H21FN6/c1-14-19(9-10-23-2)27-20(28(14)18-7-5-17(22)6-8-18)16-12-25-21(26-13-16)24-11-15-3-4-15/h5-10,12-13,15H,2-4,11H2,1H3,(H,24,25,26)/b10-9-. The quantitative estimate of drug-likeness (QED) is 0.625. The molecule has 1 fully saturated rings. The molecule has 1 aromatic carbocycles. The summed E-state index contributed by atoms with van der Waals surface area (Å²) in [4.78, 5) is 17.3. The highest BCUT2D eigenvalue weighted by molar-refractivity contribution is 5.63. The first kappa shape index (κ1) is 18.0. The third-order valence-corrected chi connectivity index (χ3v) is 4.72. The van der Waals surface area contributed by atoms with Gasteiger partial charge >= 0.3 is 0 Å². The number of anilines is 1. The Morgan fingerprint density at radius 3 is 2.61 bits per heavy atom. The Balaban J connectivity index is 1.72. The van der Waals surface area contributed by atoms with Crippen molar-refractivity contribution in [3.63, 3.8) is 0 Å². The molecule has 0 amide bonds. The topological polar surface area (TPSA) is 68.0 Å². The summed E-state index contributed by atoms with van der Waals surface area (Å²) in [5.74, 6) is 1.76. The molecule has 1 aliphatic rings. The molecule has 0 spiro atoms. The molecule has 1 saturated carbocycles. The highest BCUT2D eigenvalue weighted by Gasteiger charge is 2.21. The van der Waals surface area contributed by atoms with Crippen LogP contribution in [0.15, 0.2) is 47.9 Å². The van der Waals surface area contributed by atoms with Gasteiger partial charge in [-0.05, 0) is 62.7 Å². The van der Waals surface area contributed by atoms with Crippen LogP contribution in [-0.2, 0) is 0 Å². The highest BCUT2D eigenvalue weighted by Crippen LogP contribution is 2.29. The molecule has 0 aliphatic heterocycles. The Morgan fingerprint density at radius 2 is 1.96 bits per heavy atom. The van der Waals surface area contributed by atoms with Crippen molar-refractivity contribution in [2.75, 3.05) is 11.9 Å². The summed E-state index contributed by atoms with van der Waals surface area (Å²) in [7, 11) is 0. The first-order valence-electron chi connectivity index (χ1n) is 9.19. The predicted molar refractivity (Wildman–Crippen MR) is 109 cm³/mol. The van der Waals surface area contributed by atoms with E-state index in [0.29, 0.717) is 11.8 Å². The van der Waals surface area contributed by atoms with Crippen molar-refractivity contribution < 1.29 is 4.39 Å². The summed E-state index contributed by atoms with van der Waals surface area (Å²) < 4.78 is 15.4. The van der Waals surface area contributed by atoms with Crippen molar-refractivity contribution in [3.05, 3.63) is 60.1 Å². The van der Waals surface area contributed by atoms with Crippen LogP contribution in [0.2, 0.25) is 0 Å². The van der Waals surface area contributed by atoms with Gasteiger partial charge in [0.25, 0.3) is 0 Å². The zero-order chi connectivity index (χ0) is 19.5. The van der Waals surface area contributed by atoms with E-state index in [4.69, 9.17) is 4.98 Å². The lowest BCUT2D eigenvalue weighted by Crippen LogP contribution is -2.07. The number of hydrogen-bond acceptors (Lipinski definition) is 5. The lowest BCUT2D eigenvalue weighted by molar-refractivity contribution is 0.627. The molecule has 4 rings (SSSR count). The number of halogens is 1. The van der Waals surface area contributed by atoms with E-state index in [1.807, 2.05) is 11.5 Å². The molecule has 28 heavy (non-hydrogen) atoms. The summed E-state index contributed by atoms with van der Waals surface area (Å²) >= 11 is 0. The number of benzene rings is 1. The summed E-state index contributed by atoms with van der Waals surface area (Å²) in [5.41, 5.74) is 3.24. The van der Waals surface area contributed by atoms with Crippen LogP contribution in [0, 0.1) is 18.7 Å². The van der Waals surface area contributed by atoms with Crippen LogP contribution in [0.4, 0.5) is 10.3 Å². The van der Waals surface area contributed by atoms with Crippen LogP contribution >= 0.6 is 0 Å². The Bertz CT molecular complexity index is 1000. The lowest BCUT2D eigenvalue weighted by atomic mass is 10.2. The molecule has 0 atom stereocenters. The number of rotatable bonds is 7. The Labute approximate surface area is 162 Å². The minimum Gasteiger partial charge on any atom is -0.354 e.